The summed E-state index contributed by atoms with van der Waals surface area (Å²) in [6, 6.07) is 0.644. The van der Waals surface area contributed by atoms with Crippen molar-refractivity contribution in [2.75, 3.05) is 20.3 Å². The molecule has 0 aromatic rings. The molecule has 3 saturated carbocycles. The van der Waals surface area contributed by atoms with Crippen LogP contribution in [0.15, 0.2) is 0 Å². The van der Waals surface area contributed by atoms with Gasteiger partial charge in [0.2, 0.25) is 0 Å². The average molecular weight is 223 g/mol. The summed E-state index contributed by atoms with van der Waals surface area (Å²) in [5.74, 6) is 4.06. The van der Waals surface area contributed by atoms with E-state index in [0.29, 0.717) is 6.04 Å². The molecule has 0 amide bonds. The number of hydrogen-bond acceptors (Lipinski definition) is 2. The molecule has 3 aliphatic carbocycles. The standard InChI is InChI=1S/C14H25NO/c1-16-9-14(12-6-7-12)15-8-13(10-2-3-10)11-4-5-11/h10-15H,2-9H2,1H3. The van der Waals surface area contributed by atoms with Crippen molar-refractivity contribution < 1.29 is 4.74 Å². The second kappa shape index (κ2) is 4.66. The van der Waals surface area contributed by atoms with Crippen molar-refractivity contribution in [1.82, 2.24) is 5.32 Å². The maximum Gasteiger partial charge on any atom is 0.0618 e. The number of nitrogens with one attached hydrogen (secondary N) is 1. The van der Waals surface area contributed by atoms with Gasteiger partial charge in [0.25, 0.3) is 0 Å². The highest BCUT2D eigenvalue weighted by atomic mass is 16.5. The predicted molar refractivity (Wildman–Crippen MR) is 65.3 cm³/mol. The van der Waals surface area contributed by atoms with E-state index < -0.39 is 0 Å². The van der Waals surface area contributed by atoms with Crippen LogP contribution < -0.4 is 5.32 Å². The van der Waals surface area contributed by atoms with E-state index in [1.54, 1.807) is 0 Å². The molecule has 0 aromatic carbocycles. The van der Waals surface area contributed by atoms with Crippen molar-refractivity contribution in [3.8, 4) is 0 Å². The lowest BCUT2D eigenvalue weighted by molar-refractivity contribution is 0.153. The summed E-state index contributed by atoms with van der Waals surface area (Å²) >= 11 is 0. The van der Waals surface area contributed by atoms with Gasteiger partial charge in [0, 0.05) is 13.2 Å². The predicted octanol–water partition coefficient (Wildman–Crippen LogP) is 2.44. The number of rotatable bonds is 8. The molecule has 3 rings (SSSR count). The Morgan fingerprint density at radius 1 is 1.00 bits per heavy atom. The SMILES string of the molecule is COCC(NCC(C1CC1)C1CC1)C1CC1. The fraction of sp³-hybridized carbons (Fsp3) is 1.00. The van der Waals surface area contributed by atoms with E-state index >= 15 is 0 Å². The lowest BCUT2D eigenvalue weighted by Gasteiger charge is -2.22. The van der Waals surface area contributed by atoms with Crippen molar-refractivity contribution in [3.63, 3.8) is 0 Å². The third-order valence-electron chi connectivity index (χ3n) is 4.61. The van der Waals surface area contributed by atoms with Gasteiger partial charge < -0.3 is 10.1 Å². The molecule has 0 aromatic heterocycles. The van der Waals surface area contributed by atoms with Gasteiger partial charge in [0.1, 0.15) is 0 Å². The average Bonchev–Trinajstić information content (AvgIpc) is 3.15. The van der Waals surface area contributed by atoms with Crippen LogP contribution in [-0.4, -0.2) is 26.3 Å². The lowest BCUT2D eigenvalue weighted by Crippen LogP contribution is -2.39. The number of hydrogen-bond donors (Lipinski definition) is 1. The molecule has 0 aliphatic heterocycles. The minimum Gasteiger partial charge on any atom is -0.383 e. The molecule has 0 radical (unpaired) electrons. The Balaban J connectivity index is 1.45. The van der Waals surface area contributed by atoms with E-state index in [1.807, 2.05) is 7.11 Å². The monoisotopic (exact) mass is 223 g/mol. The zero-order valence-corrected chi connectivity index (χ0v) is 10.5. The minimum absolute atomic E-state index is 0.644. The molecular formula is C14H25NO. The Morgan fingerprint density at radius 3 is 2.00 bits per heavy atom. The summed E-state index contributed by atoms with van der Waals surface area (Å²) in [6.07, 6.45) is 8.84. The highest BCUT2D eigenvalue weighted by Gasteiger charge is 2.41. The molecular weight excluding hydrogens is 198 g/mol. The maximum atomic E-state index is 5.33. The summed E-state index contributed by atoms with van der Waals surface area (Å²) < 4.78 is 5.33. The second-order valence-electron chi connectivity index (χ2n) is 6.15. The Bertz CT molecular complexity index is 219. The van der Waals surface area contributed by atoms with E-state index in [4.69, 9.17) is 4.74 Å². The van der Waals surface area contributed by atoms with Crippen LogP contribution in [0.5, 0.6) is 0 Å². The Hall–Kier alpha value is -0.0800. The van der Waals surface area contributed by atoms with Crippen LogP contribution in [0.3, 0.4) is 0 Å². The van der Waals surface area contributed by atoms with Gasteiger partial charge in [-0.3, -0.25) is 0 Å². The van der Waals surface area contributed by atoms with Crippen LogP contribution in [0.4, 0.5) is 0 Å². The third-order valence-corrected chi connectivity index (χ3v) is 4.61. The number of ether oxygens (including phenoxy) is 1. The molecule has 1 unspecified atom stereocenters. The van der Waals surface area contributed by atoms with Gasteiger partial charge in [-0.1, -0.05) is 0 Å². The van der Waals surface area contributed by atoms with E-state index in [9.17, 15) is 0 Å². The van der Waals surface area contributed by atoms with Gasteiger partial charge in [-0.05, 0) is 68.7 Å². The molecule has 1 N–H and O–H groups in total. The summed E-state index contributed by atoms with van der Waals surface area (Å²) in [6.45, 7) is 2.17. The van der Waals surface area contributed by atoms with Crippen molar-refractivity contribution in [2.24, 2.45) is 23.7 Å². The summed E-state index contributed by atoms with van der Waals surface area (Å²) in [5, 5.41) is 3.80. The molecule has 2 heteroatoms. The lowest BCUT2D eigenvalue weighted by atomic mass is 9.97. The van der Waals surface area contributed by atoms with Gasteiger partial charge in [0.05, 0.1) is 6.61 Å². The van der Waals surface area contributed by atoms with E-state index in [-0.39, 0.29) is 0 Å². The van der Waals surface area contributed by atoms with Crippen molar-refractivity contribution in [1.29, 1.82) is 0 Å². The van der Waals surface area contributed by atoms with E-state index in [2.05, 4.69) is 5.32 Å². The largest absolute Gasteiger partial charge is 0.383 e. The van der Waals surface area contributed by atoms with Crippen LogP contribution in [0.1, 0.15) is 38.5 Å². The van der Waals surface area contributed by atoms with E-state index in [0.717, 1.165) is 30.3 Å². The van der Waals surface area contributed by atoms with Crippen molar-refractivity contribution in [2.45, 2.75) is 44.6 Å². The first kappa shape index (κ1) is 11.0. The molecule has 0 bridgehead atoms. The maximum absolute atomic E-state index is 5.33. The molecule has 1 atom stereocenters. The fourth-order valence-electron chi connectivity index (χ4n) is 3.09. The Morgan fingerprint density at radius 2 is 1.56 bits per heavy atom. The van der Waals surface area contributed by atoms with Crippen LogP contribution in [0.25, 0.3) is 0 Å². The van der Waals surface area contributed by atoms with Gasteiger partial charge in [-0.25, -0.2) is 0 Å². The molecule has 0 saturated heterocycles. The second-order valence-corrected chi connectivity index (χ2v) is 6.15. The first-order valence-electron chi connectivity index (χ1n) is 7.11. The normalized spacial score (nSPS) is 27.4. The van der Waals surface area contributed by atoms with Gasteiger partial charge >= 0.3 is 0 Å². The smallest absolute Gasteiger partial charge is 0.0618 e. The zero-order valence-electron chi connectivity index (χ0n) is 10.5. The van der Waals surface area contributed by atoms with Crippen LogP contribution in [0.2, 0.25) is 0 Å². The summed E-state index contributed by atoms with van der Waals surface area (Å²) in [7, 11) is 1.83. The van der Waals surface area contributed by atoms with Gasteiger partial charge in [0.15, 0.2) is 0 Å². The quantitative estimate of drug-likeness (QED) is 0.682. The molecule has 0 spiro atoms. The molecule has 3 aliphatic rings. The van der Waals surface area contributed by atoms with Crippen molar-refractivity contribution in [3.05, 3.63) is 0 Å². The van der Waals surface area contributed by atoms with Gasteiger partial charge in [-0.2, -0.15) is 0 Å². The number of methoxy groups -OCH3 is 1. The topological polar surface area (TPSA) is 21.3 Å². The van der Waals surface area contributed by atoms with Crippen LogP contribution in [0, 0.1) is 23.7 Å². The first-order chi connectivity index (χ1) is 7.88. The van der Waals surface area contributed by atoms with Gasteiger partial charge in [-0.15, -0.1) is 0 Å². The van der Waals surface area contributed by atoms with E-state index in [1.165, 1.54) is 45.1 Å². The Kier molecular flexibility index (Phi) is 3.21. The first-order valence-corrected chi connectivity index (χ1v) is 7.11. The fourth-order valence-corrected chi connectivity index (χ4v) is 3.09. The Labute approximate surface area is 99.1 Å². The third kappa shape index (κ3) is 2.78. The molecule has 0 heterocycles. The van der Waals surface area contributed by atoms with Crippen LogP contribution >= 0.6 is 0 Å². The molecule has 16 heavy (non-hydrogen) atoms. The summed E-state index contributed by atoms with van der Waals surface area (Å²) in [5.41, 5.74) is 0. The van der Waals surface area contributed by atoms with Crippen LogP contribution in [-0.2, 0) is 4.74 Å². The molecule has 2 nitrogen and oxygen atoms in total. The highest BCUT2D eigenvalue weighted by molar-refractivity contribution is 4.94. The molecule has 92 valence electrons. The van der Waals surface area contributed by atoms with Crippen molar-refractivity contribution >= 4 is 0 Å². The summed E-state index contributed by atoms with van der Waals surface area (Å²) in [4.78, 5) is 0. The molecule has 3 fully saturated rings. The minimum atomic E-state index is 0.644. The zero-order chi connectivity index (χ0) is 11.0. The highest BCUT2D eigenvalue weighted by Crippen LogP contribution is 2.49.